The molecule has 0 spiro atoms. The molecule has 0 aromatic heterocycles. The maximum absolute atomic E-state index is 5.56. The topological polar surface area (TPSA) is 0 Å². The zero-order valence-corrected chi connectivity index (χ0v) is 8.04. The van der Waals surface area contributed by atoms with Gasteiger partial charge in [-0.2, -0.15) is 0 Å². The number of alkyl halides is 2. The van der Waals surface area contributed by atoms with Gasteiger partial charge in [-0.25, -0.2) is 0 Å². The predicted molar refractivity (Wildman–Crippen MR) is 32.7 cm³/mol. The summed E-state index contributed by atoms with van der Waals surface area (Å²) >= 11 is 11.1. The average molecular weight is 226 g/mol. The van der Waals surface area contributed by atoms with Crippen molar-refractivity contribution in [3.05, 3.63) is 24.3 Å². The summed E-state index contributed by atoms with van der Waals surface area (Å²) in [5, 5.41) is 0. The van der Waals surface area contributed by atoms with Crippen LogP contribution < -0.4 is 0 Å². The van der Waals surface area contributed by atoms with Crippen LogP contribution in [0.15, 0.2) is 24.3 Å². The summed E-state index contributed by atoms with van der Waals surface area (Å²) in [6, 6.07) is 0. The van der Waals surface area contributed by atoms with Crippen molar-refractivity contribution in [2.45, 2.75) is 4.33 Å². The van der Waals surface area contributed by atoms with Crippen molar-refractivity contribution in [3.8, 4) is 0 Å². The van der Waals surface area contributed by atoms with E-state index in [0.29, 0.717) is 0 Å². The summed E-state index contributed by atoms with van der Waals surface area (Å²) in [6.45, 7) is 0. The van der Waals surface area contributed by atoms with Gasteiger partial charge < -0.3 is 0 Å². The van der Waals surface area contributed by atoms with E-state index < -0.39 is 4.33 Å². The van der Waals surface area contributed by atoms with Crippen LogP contribution in [0.1, 0.15) is 0 Å². The van der Waals surface area contributed by atoms with Gasteiger partial charge in [0.2, 0.25) is 0 Å². The monoisotopic (exact) mass is 224 g/mol. The molecular weight excluding hydrogens is 222 g/mol. The SMILES string of the molecule is ClC1(Cl)C=CC=C1.[Zr]. The second kappa shape index (κ2) is 3.20. The summed E-state index contributed by atoms with van der Waals surface area (Å²) in [4.78, 5) is 0. The fourth-order valence-electron chi connectivity index (χ4n) is 0.423. The Morgan fingerprint density at radius 1 is 1.00 bits per heavy atom. The molecule has 1 rings (SSSR count). The van der Waals surface area contributed by atoms with Gasteiger partial charge in [0.15, 0.2) is 4.33 Å². The Labute approximate surface area is 77.7 Å². The van der Waals surface area contributed by atoms with Gasteiger partial charge in [0.25, 0.3) is 0 Å². The first-order valence-electron chi connectivity index (χ1n) is 1.96. The van der Waals surface area contributed by atoms with Gasteiger partial charge in [-0.3, -0.25) is 0 Å². The van der Waals surface area contributed by atoms with Crippen molar-refractivity contribution in [1.29, 1.82) is 0 Å². The molecule has 0 atom stereocenters. The molecule has 0 aromatic carbocycles. The van der Waals surface area contributed by atoms with Crippen LogP contribution in [0.3, 0.4) is 0 Å². The molecule has 3 heteroatoms. The molecule has 0 unspecified atom stereocenters. The van der Waals surface area contributed by atoms with Gasteiger partial charge in [-0.15, -0.1) is 0 Å². The number of hydrogen-bond donors (Lipinski definition) is 0. The summed E-state index contributed by atoms with van der Waals surface area (Å²) in [5.74, 6) is 0. The molecule has 1 aliphatic carbocycles. The third-order valence-electron chi connectivity index (χ3n) is 0.748. The van der Waals surface area contributed by atoms with E-state index >= 15 is 0 Å². The Hall–Kier alpha value is 0.943. The van der Waals surface area contributed by atoms with Gasteiger partial charge >= 0.3 is 0 Å². The molecule has 0 saturated heterocycles. The van der Waals surface area contributed by atoms with Crippen LogP contribution in [0.4, 0.5) is 0 Å². The molecular formula is C5H4Cl2Zr. The Morgan fingerprint density at radius 2 is 1.38 bits per heavy atom. The molecule has 0 radical (unpaired) electrons. The quantitative estimate of drug-likeness (QED) is 0.556. The minimum absolute atomic E-state index is 0. The first-order valence-corrected chi connectivity index (χ1v) is 2.71. The Bertz CT molecular complexity index is 112. The second-order valence-corrected chi connectivity index (χ2v) is 2.84. The molecule has 0 aromatic rings. The Balaban J connectivity index is 0.000000490. The maximum atomic E-state index is 5.56. The Morgan fingerprint density at radius 3 is 1.50 bits per heavy atom. The predicted octanol–water partition coefficient (Wildman–Crippen LogP) is 2.28. The molecule has 0 amide bonds. The van der Waals surface area contributed by atoms with Crippen LogP contribution in [0.2, 0.25) is 0 Å². The maximum Gasteiger partial charge on any atom is 0.155 e. The third-order valence-corrected chi connectivity index (χ3v) is 1.25. The molecule has 0 saturated carbocycles. The fourth-order valence-corrected chi connectivity index (χ4v) is 0.714. The first kappa shape index (κ1) is 8.94. The fraction of sp³-hybridized carbons (Fsp3) is 0.200. The normalized spacial score (nSPS) is 20.8. The van der Waals surface area contributed by atoms with E-state index in [9.17, 15) is 0 Å². The van der Waals surface area contributed by atoms with E-state index in [1.165, 1.54) is 0 Å². The van der Waals surface area contributed by atoms with Crippen LogP contribution in [0, 0.1) is 0 Å². The van der Waals surface area contributed by atoms with E-state index in [4.69, 9.17) is 23.2 Å². The number of hydrogen-bond acceptors (Lipinski definition) is 0. The summed E-state index contributed by atoms with van der Waals surface area (Å²) < 4.78 is -0.722. The minimum Gasteiger partial charge on any atom is -0.0923 e. The average Bonchev–Trinajstić information content (AvgIpc) is 1.84. The number of halogens is 2. The van der Waals surface area contributed by atoms with E-state index in [1.54, 1.807) is 12.2 Å². The van der Waals surface area contributed by atoms with Crippen molar-refractivity contribution in [3.63, 3.8) is 0 Å². The molecule has 0 aliphatic heterocycles. The van der Waals surface area contributed by atoms with Gasteiger partial charge in [-0.05, 0) is 12.2 Å². The number of allylic oxidation sites excluding steroid dienone is 4. The van der Waals surface area contributed by atoms with Crippen LogP contribution in [-0.4, -0.2) is 4.33 Å². The molecule has 8 heavy (non-hydrogen) atoms. The van der Waals surface area contributed by atoms with E-state index in [1.807, 2.05) is 12.2 Å². The molecule has 0 nitrogen and oxygen atoms in total. The van der Waals surface area contributed by atoms with Gasteiger partial charge in [-0.1, -0.05) is 35.4 Å². The molecule has 0 heterocycles. The van der Waals surface area contributed by atoms with Crippen molar-refractivity contribution in [1.82, 2.24) is 0 Å². The molecule has 1 aliphatic rings. The molecule has 0 bridgehead atoms. The largest absolute Gasteiger partial charge is 0.155 e. The standard InChI is InChI=1S/C5H4Cl2.Zr/c6-5(7)3-1-2-4-5;/h1-4H;. The summed E-state index contributed by atoms with van der Waals surface area (Å²) in [6.07, 6.45) is 7.08. The van der Waals surface area contributed by atoms with Gasteiger partial charge in [0.1, 0.15) is 0 Å². The smallest absolute Gasteiger partial charge is 0.0923 e. The Kier molecular flexibility index (Phi) is 3.57. The van der Waals surface area contributed by atoms with Crippen molar-refractivity contribution in [2.75, 3.05) is 0 Å². The van der Waals surface area contributed by atoms with Crippen molar-refractivity contribution < 1.29 is 26.2 Å². The molecule has 0 N–H and O–H groups in total. The van der Waals surface area contributed by atoms with E-state index in [0.717, 1.165) is 0 Å². The van der Waals surface area contributed by atoms with Crippen LogP contribution in [-0.2, 0) is 26.2 Å². The van der Waals surface area contributed by atoms with Crippen LogP contribution in [0.5, 0.6) is 0 Å². The zero-order valence-electron chi connectivity index (χ0n) is 4.07. The first-order chi connectivity index (χ1) is 3.21. The zero-order chi connectivity index (χ0) is 5.33. The second-order valence-electron chi connectivity index (χ2n) is 1.39. The third kappa shape index (κ3) is 2.48. The van der Waals surface area contributed by atoms with Crippen molar-refractivity contribution >= 4 is 23.2 Å². The van der Waals surface area contributed by atoms with Crippen LogP contribution >= 0.6 is 23.2 Å². The van der Waals surface area contributed by atoms with Crippen LogP contribution in [0.25, 0.3) is 0 Å². The molecule has 42 valence electrons. The molecule has 0 fully saturated rings. The summed E-state index contributed by atoms with van der Waals surface area (Å²) in [7, 11) is 0. The van der Waals surface area contributed by atoms with E-state index in [-0.39, 0.29) is 26.2 Å². The van der Waals surface area contributed by atoms with E-state index in [2.05, 4.69) is 0 Å². The van der Waals surface area contributed by atoms with Gasteiger partial charge in [0, 0.05) is 26.2 Å². The summed E-state index contributed by atoms with van der Waals surface area (Å²) in [5.41, 5.74) is 0. The van der Waals surface area contributed by atoms with Gasteiger partial charge in [0.05, 0.1) is 0 Å². The van der Waals surface area contributed by atoms with Crippen molar-refractivity contribution in [2.24, 2.45) is 0 Å². The number of rotatable bonds is 0. The minimum atomic E-state index is -0.722.